The maximum Gasteiger partial charge on any atom is 0.185 e. The Morgan fingerprint density at radius 2 is 2.00 bits per heavy atom. The first-order valence-corrected chi connectivity index (χ1v) is 6.21. The molecule has 0 fully saturated rings. The fraction of sp³-hybridized carbons (Fsp3) is 0.357. The number of hydrogen-bond donors (Lipinski definition) is 0. The van der Waals surface area contributed by atoms with Crippen LogP contribution in [0.25, 0.3) is 0 Å². The molecule has 4 heteroatoms. The van der Waals surface area contributed by atoms with E-state index in [1.807, 2.05) is 22.9 Å². The van der Waals surface area contributed by atoms with Crippen LogP contribution in [0.1, 0.15) is 30.3 Å². The van der Waals surface area contributed by atoms with Crippen LogP contribution in [0.4, 0.5) is 0 Å². The maximum atomic E-state index is 9.03. The Labute approximate surface area is 107 Å². The fourth-order valence-corrected chi connectivity index (χ4v) is 1.97. The molecule has 1 heterocycles. The Balaban J connectivity index is 2.13. The molecule has 0 amide bonds. The average molecular weight is 240 g/mol. The molecule has 0 saturated heterocycles. The highest BCUT2D eigenvalue weighted by molar-refractivity contribution is 5.26. The van der Waals surface area contributed by atoms with Gasteiger partial charge < -0.3 is 0 Å². The predicted octanol–water partition coefficient (Wildman–Crippen LogP) is 2.34. The minimum Gasteiger partial charge on any atom is -0.248 e. The zero-order valence-corrected chi connectivity index (χ0v) is 10.5. The normalized spacial score (nSPS) is 10.2. The minimum absolute atomic E-state index is 0.458. The van der Waals surface area contributed by atoms with Gasteiger partial charge in [-0.3, -0.25) is 0 Å². The molecule has 0 atom stereocenters. The van der Waals surface area contributed by atoms with Crippen LogP contribution in [-0.2, 0) is 19.4 Å². The number of nitriles is 1. The first-order valence-electron chi connectivity index (χ1n) is 6.21. The molecule has 0 unspecified atom stereocenters. The third-order valence-corrected chi connectivity index (χ3v) is 2.87. The highest BCUT2D eigenvalue weighted by Gasteiger charge is 2.11. The van der Waals surface area contributed by atoms with Gasteiger partial charge in [0.2, 0.25) is 0 Å². The molecular formula is C14H16N4. The van der Waals surface area contributed by atoms with Gasteiger partial charge in [-0.2, -0.15) is 5.26 Å². The summed E-state index contributed by atoms with van der Waals surface area (Å²) in [6.45, 7) is 2.91. The van der Waals surface area contributed by atoms with Gasteiger partial charge in [-0.15, -0.1) is 5.10 Å². The van der Waals surface area contributed by atoms with Gasteiger partial charge in [0, 0.05) is 6.54 Å². The third kappa shape index (κ3) is 2.75. The van der Waals surface area contributed by atoms with Crippen LogP contribution >= 0.6 is 0 Å². The Morgan fingerprint density at radius 3 is 2.67 bits per heavy atom. The molecule has 0 aliphatic rings. The minimum atomic E-state index is 0.458. The van der Waals surface area contributed by atoms with E-state index in [-0.39, 0.29) is 0 Å². The van der Waals surface area contributed by atoms with Gasteiger partial charge in [-0.05, 0) is 24.8 Å². The zero-order valence-electron chi connectivity index (χ0n) is 10.5. The van der Waals surface area contributed by atoms with Gasteiger partial charge in [0.25, 0.3) is 0 Å². The molecule has 0 saturated carbocycles. The molecule has 2 aromatic rings. The van der Waals surface area contributed by atoms with Crippen LogP contribution in [-0.4, -0.2) is 15.0 Å². The largest absolute Gasteiger partial charge is 0.248 e. The van der Waals surface area contributed by atoms with Crippen LogP contribution in [0.2, 0.25) is 0 Å². The lowest BCUT2D eigenvalue weighted by Gasteiger charge is -2.05. The molecule has 0 bridgehead atoms. The van der Waals surface area contributed by atoms with Crippen molar-refractivity contribution in [2.45, 2.75) is 32.7 Å². The van der Waals surface area contributed by atoms with Crippen LogP contribution in [0.15, 0.2) is 30.3 Å². The van der Waals surface area contributed by atoms with Crippen molar-refractivity contribution in [1.29, 1.82) is 5.26 Å². The summed E-state index contributed by atoms with van der Waals surface area (Å²) >= 11 is 0. The highest BCUT2D eigenvalue weighted by atomic mass is 15.4. The molecule has 4 nitrogen and oxygen atoms in total. The summed E-state index contributed by atoms with van der Waals surface area (Å²) in [5, 5.41) is 17.0. The van der Waals surface area contributed by atoms with E-state index in [4.69, 9.17) is 5.26 Å². The quantitative estimate of drug-likeness (QED) is 0.806. The van der Waals surface area contributed by atoms with Gasteiger partial charge in [0.15, 0.2) is 5.69 Å². The Kier molecular flexibility index (Phi) is 4.08. The van der Waals surface area contributed by atoms with Crippen LogP contribution in [0, 0.1) is 11.3 Å². The smallest absolute Gasteiger partial charge is 0.185 e. The summed E-state index contributed by atoms with van der Waals surface area (Å²) in [5.41, 5.74) is 2.67. The summed E-state index contributed by atoms with van der Waals surface area (Å²) < 4.78 is 1.85. The second kappa shape index (κ2) is 5.97. The fourth-order valence-electron chi connectivity index (χ4n) is 1.97. The van der Waals surface area contributed by atoms with Crippen molar-refractivity contribution in [3.05, 3.63) is 47.3 Å². The molecule has 0 radical (unpaired) electrons. The molecule has 0 aliphatic heterocycles. The summed E-state index contributed by atoms with van der Waals surface area (Å²) in [6, 6.07) is 12.4. The Hall–Kier alpha value is -2.15. The van der Waals surface area contributed by atoms with Crippen molar-refractivity contribution in [2.75, 3.05) is 0 Å². The second-order valence-corrected chi connectivity index (χ2v) is 4.21. The molecule has 1 aromatic carbocycles. The number of benzene rings is 1. The monoisotopic (exact) mass is 240 g/mol. The van der Waals surface area contributed by atoms with Crippen LogP contribution in [0.5, 0.6) is 0 Å². The zero-order chi connectivity index (χ0) is 12.8. The van der Waals surface area contributed by atoms with Crippen LogP contribution in [0.3, 0.4) is 0 Å². The molecule has 2 rings (SSSR count). The van der Waals surface area contributed by atoms with Crippen molar-refractivity contribution in [3.63, 3.8) is 0 Å². The first kappa shape index (κ1) is 12.3. The van der Waals surface area contributed by atoms with Crippen LogP contribution < -0.4 is 0 Å². The molecule has 0 N–H and O–H groups in total. The lowest BCUT2D eigenvalue weighted by atomic mass is 10.1. The third-order valence-electron chi connectivity index (χ3n) is 2.87. The lowest BCUT2D eigenvalue weighted by molar-refractivity contribution is 0.554. The molecule has 1 aromatic heterocycles. The van der Waals surface area contributed by atoms with Gasteiger partial charge in [0.05, 0.1) is 5.69 Å². The van der Waals surface area contributed by atoms with E-state index in [9.17, 15) is 0 Å². The van der Waals surface area contributed by atoms with E-state index in [0.717, 1.165) is 31.5 Å². The van der Waals surface area contributed by atoms with E-state index in [2.05, 4.69) is 35.4 Å². The SMILES string of the molecule is CCCn1nnc(C#N)c1CCc1ccccc1. The summed E-state index contributed by atoms with van der Waals surface area (Å²) in [6.07, 6.45) is 2.71. The van der Waals surface area contributed by atoms with Gasteiger partial charge in [0.1, 0.15) is 6.07 Å². The Bertz CT molecular complexity index is 537. The molecule has 18 heavy (non-hydrogen) atoms. The molecule has 0 spiro atoms. The van der Waals surface area contributed by atoms with E-state index in [0.29, 0.717) is 5.69 Å². The molecular weight excluding hydrogens is 224 g/mol. The van der Waals surface area contributed by atoms with Crippen molar-refractivity contribution in [3.8, 4) is 6.07 Å². The van der Waals surface area contributed by atoms with E-state index < -0.39 is 0 Å². The summed E-state index contributed by atoms with van der Waals surface area (Å²) in [5.74, 6) is 0. The first-order chi connectivity index (χ1) is 8.85. The number of aromatic nitrogens is 3. The van der Waals surface area contributed by atoms with E-state index in [1.54, 1.807) is 0 Å². The average Bonchev–Trinajstić information content (AvgIpc) is 2.80. The van der Waals surface area contributed by atoms with E-state index >= 15 is 0 Å². The summed E-state index contributed by atoms with van der Waals surface area (Å²) in [4.78, 5) is 0. The van der Waals surface area contributed by atoms with Crippen molar-refractivity contribution < 1.29 is 0 Å². The van der Waals surface area contributed by atoms with Crippen molar-refractivity contribution >= 4 is 0 Å². The van der Waals surface area contributed by atoms with Gasteiger partial charge in [-0.1, -0.05) is 42.5 Å². The van der Waals surface area contributed by atoms with Crippen molar-refractivity contribution in [2.24, 2.45) is 0 Å². The highest BCUT2D eigenvalue weighted by Crippen LogP contribution is 2.10. The second-order valence-electron chi connectivity index (χ2n) is 4.21. The Morgan fingerprint density at radius 1 is 1.22 bits per heavy atom. The predicted molar refractivity (Wildman–Crippen MR) is 68.9 cm³/mol. The number of aryl methyl sites for hydroxylation is 2. The van der Waals surface area contributed by atoms with Gasteiger partial charge in [-0.25, -0.2) is 4.68 Å². The van der Waals surface area contributed by atoms with Crippen molar-refractivity contribution in [1.82, 2.24) is 15.0 Å². The molecule has 92 valence electrons. The summed E-state index contributed by atoms with van der Waals surface area (Å²) in [7, 11) is 0. The lowest BCUT2D eigenvalue weighted by Crippen LogP contribution is -2.06. The number of hydrogen-bond acceptors (Lipinski definition) is 3. The number of rotatable bonds is 5. The molecule has 0 aliphatic carbocycles. The van der Waals surface area contributed by atoms with E-state index in [1.165, 1.54) is 5.56 Å². The van der Waals surface area contributed by atoms with Gasteiger partial charge >= 0.3 is 0 Å². The topological polar surface area (TPSA) is 54.5 Å². The maximum absolute atomic E-state index is 9.03. The standard InChI is InChI=1S/C14H16N4/c1-2-10-18-14(13(11-15)16-17-18)9-8-12-6-4-3-5-7-12/h3-7H,2,8-10H2,1H3. The number of nitrogens with zero attached hydrogens (tertiary/aromatic N) is 4.